The van der Waals surface area contributed by atoms with Crippen molar-refractivity contribution in [3.8, 4) is 0 Å². The van der Waals surface area contributed by atoms with Crippen molar-refractivity contribution < 1.29 is 13.5 Å². The minimum atomic E-state index is -2.87. The number of anilines is 1. The van der Waals surface area contributed by atoms with Crippen molar-refractivity contribution in [2.75, 3.05) is 18.6 Å². The average Bonchev–Trinajstić information content (AvgIpc) is 2.46. The molecule has 0 aliphatic carbocycles. The van der Waals surface area contributed by atoms with Crippen LogP contribution in [0.2, 0.25) is 5.28 Å². The van der Waals surface area contributed by atoms with Crippen LogP contribution in [-0.4, -0.2) is 29.5 Å². The van der Waals surface area contributed by atoms with Crippen molar-refractivity contribution in [1.29, 1.82) is 0 Å². The van der Waals surface area contributed by atoms with E-state index >= 15 is 0 Å². The van der Waals surface area contributed by atoms with Gasteiger partial charge in [-0.3, -0.25) is 0 Å². The van der Waals surface area contributed by atoms with E-state index in [1.165, 1.54) is 0 Å². The third-order valence-corrected chi connectivity index (χ3v) is 3.17. The molecule has 0 saturated carbocycles. The number of hydrogen-bond acceptors (Lipinski definition) is 4. The molecular formula is C16H18ClF2N3O. The molecule has 2 aromatic rings. The van der Waals surface area contributed by atoms with Gasteiger partial charge < -0.3 is 9.64 Å². The molecule has 2 rings (SSSR count). The van der Waals surface area contributed by atoms with Crippen molar-refractivity contribution in [3.63, 3.8) is 0 Å². The molecule has 1 aromatic heterocycles. The molecular weight excluding hydrogens is 324 g/mol. The van der Waals surface area contributed by atoms with Crippen LogP contribution in [0, 0.1) is 0 Å². The first-order valence-corrected chi connectivity index (χ1v) is 7.45. The molecule has 0 spiro atoms. The lowest BCUT2D eigenvalue weighted by Gasteiger charge is -2.19. The highest BCUT2D eigenvalue weighted by Gasteiger charge is 2.21. The van der Waals surface area contributed by atoms with Gasteiger partial charge in [-0.2, -0.15) is 0 Å². The van der Waals surface area contributed by atoms with Gasteiger partial charge in [0.25, 0.3) is 5.92 Å². The molecule has 0 radical (unpaired) electrons. The fourth-order valence-corrected chi connectivity index (χ4v) is 2.19. The number of nitrogens with zero attached hydrogens (tertiary/aromatic N) is 3. The Kier molecular flexibility index (Phi) is 5.85. The monoisotopic (exact) mass is 341 g/mol. The van der Waals surface area contributed by atoms with Crippen LogP contribution in [0.1, 0.15) is 18.2 Å². The summed E-state index contributed by atoms with van der Waals surface area (Å²) in [5.74, 6) is -2.26. The third-order valence-electron chi connectivity index (χ3n) is 3.00. The maximum absolute atomic E-state index is 12.8. The van der Waals surface area contributed by atoms with Gasteiger partial charge in [-0.15, -0.1) is 0 Å². The largest absolute Gasteiger partial charge is 0.369 e. The summed E-state index contributed by atoms with van der Waals surface area (Å²) in [6.07, 6.45) is 0. The van der Waals surface area contributed by atoms with Crippen LogP contribution < -0.4 is 4.90 Å². The molecule has 1 aromatic carbocycles. The topological polar surface area (TPSA) is 38.2 Å². The van der Waals surface area contributed by atoms with E-state index in [4.69, 9.17) is 16.3 Å². The lowest BCUT2D eigenvalue weighted by molar-refractivity contribution is -0.0679. The molecule has 0 aliphatic heterocycles. The van der Waals surface area contributed by atoms with E-state index in [-0.39, 0.29) is 11.9 Å². The van der Waals surface area contributed by atoms with E-state index in [2.05, 4.69) is 9.97 Å². The molecule has 1 heterocycles. The van der Waals surface area contributed by atoms with Gasteiger partial charge in [0.05, 0.1) is 12.3 Å². The van der Waals surface area contributed by atoms with Crippen LogP contribution in [0.25, 0.3) is 0 Å². The minimum Gasteiger partial charge on any atom is -0.369 e. The van der Waals surface area contributed by atoms with Gasteiger partial charge in [0.15, 0.2) is 0 Å². The third kappa shape index (κ3) is 6.08. The first-order chi connectivity index (χ1) is 10.8. The Morgan fingerprint density at radius 1 is 1.22 bits per heavy atom. The summed E-state index contributed by atoms with van der Waals surface area (Å²) in [4.78, 5) is 10.1. The second kappa shape index (κ2) is 7.66. The summed E-state index contributed by atoms with van der Waals surface area (Å²) < 4.78 is 30.5. The molecule has 0 N–H and O–H groups in total. The number of ether oxygens (including phenoxy) is 1. The highest BCUT2D eigenvalue weighted by atomic mass is 35.5. The first kappa shape index (κ1) is 17.6. The van der Waals surface area contributed by atoms with E-state index in [0.717, 1.165) is 12.5 Å². The van der Waals surface area contributed by atoms with Gasteiger partial charge in [0.2, 0.25) is 5.28 Å². The Bertz CT molecular complexity index is 635. The van der Waals surface area contributed by atoms with Gasteiger partial charge in [-0.25, -0.2) is 18.7 Å². The van der Waals surface area contributed by atoms with Crippen LogP contribution in [0.4, 0.5) is 14.6 Å². The highest BCUT2D eigenvalue weighted by molar-refractivity contribution is 6.28. The normalized spacial score (nSPS) is 11.5. The zero-order valence-electron chi connectivity index (χ0n) is 13.0. The van der Waals surface area contributed by atoms with Crippen molar-refractivity contribution in [2.24, 2.45) is 0 Å². The van der Waals surface area contributed by atoms with Gasteiger partial charge in [-0.05, 0) is 17.2 Å². The molecule has 4 nitrogen and oxygen atoms in total. The van der Waals surface area contributed by atoms with Crippen LogP contribution in [0.5, 0.6) is 0 Å². The average molecular weight is 342 g/mol. The second-order valence-electron chi connectivity index (χ2n) is 5.39. The zero-order valence-corrected chi connectivity index (χ0v) is 13.7. The lowest BCUT2D eigenvalue weighted by Crippen LogP contribution is -2.20. The predicted molar refractivity (Wildman–Crippen MR) is 85.9 cm³/mol. The van der Waals surface area contributed by atoms with E-state index in [0.29, 0.717) is 18.1 Å². The summed E-state index contributed by atoms with van der Waals surface area (Å²) in [5.41, 5.74) is 1.58. The van der Waals surface area contributed by atoms with Crippen molar-refractivity contribution in [3.05, 3.63) is 52.9 Å². The Morgan fingerprint density at radius 3 is 2.57 bits per heavy atom. The number of aromatic nitrogens is 2. The highest BCUT2D eigenvalue weighted by Crippen LogP contribution is 2.18. The molecule has 0 amide bonds. The number of alkyl halides is 2. The second-order valence-corrected chi connectivity index (χ2v) is 5.73. The Labute approximate surface area is 139 Å². The van der Waals surface area contributed by atoms with E-state index in [1.807, 2.05) is 42.3 Å². The standard InChI is InChI=1S/C16H18ClF2N3O/c1-16(18,19)11-23-10-13-8-14(21-15(17)20-13)22(2)9-12-6-4-3-5-7-12/h3-8H,9-11H2,1-2H3. The fraction of sp³-hybridized carbons (Fsp3) is 0.375. The molecule has 0 fully saturated rings. The Hall–Kier alpha value is -1.79. The molecule has 0 unspecified atom stereocenters. The smallest absolute Gasteiger partial charge is 0.268 e. The van der Waals surface area contributed by atoms with Crippen molar-refractivity contribution >= 4 is 17.4 Å². The molecule has 0 bridgehead atoms. The van der Waals surface area contributed by atoms with Gasteiger partial charge in [-0.1, -0.05) is 30.3 Å². The fourth-order valence-electron chi connectivity index (χ4n) is 1.99. The summed E-state index contributed by atoms with van der Waals surface area (Å²) in [6.45, 7) is 0.738. The number of halogens is 3. The van der Waals surface area contributed by atoms with E-state index in [1.54, 1.807) is 6.07 Å². The molecule has 0 atom stereocenters. The zero-order chi connectivity index (χ0) is 16.9. The SMILES string of the molecule is CN(Cc1ccccc1)c1cc(COCC(C)(F)F)nc(Cl)n1. The van der Waals surface area contributed by atoms with E-state index in [9.17, 15) is 8.78 Å². The number of hydrogen-bond donors (Lipinski definition) is 0. The van der Waals surface area contributed by atoms with E-state index < -0.39 is 12.5 Å². The van der Waals surface area contributed by atoms with Gasteiger partial charge in [0, 0.05) is 26.6 Å². The number of rotatable bonds is 7. The molecule has 124 valence electrons. The van der Waals surface area contributed by atoms with Crippen LogP contribution in [0.15, 0.2) is 36.4 Å². The molecule has 0 aliphatic rings. The van der Waals surface area contributed by atoms with Crippen LogP contribution in [-0.2, 0) is 17.9 Å². The maximum atomic E-state index is 12.8. The summed E-state index contributed by atoms with van der Waals surface area (Å²) >= 11 is 5.91. The predicted octanol–water partition coefficient (Wildman–Crippen LogP) is 3.94. The van der Waals surface area contributed by atoms with Crippen molar-refractivity contribution in [2.45, 2.75) is 26.0 Å². The Morgan fingerprint density at radius 2 is 1.91 bits per heavy atom. The molecule has 0 saturated heterocycles. The van der Waals surface area contributed by atoms with Crippen molar-refractivity contribution in [1.82, 2.24) is 9.97 Å². The molecule has 23 heavy (non-hydrogen) atoms. The summed E-state index contributed by atoms with van der Waals surface area (Å²) in [5, 5.41) is 0.0595. The quantitative estimate of drug-likeness (QED) is 0.715. The van der Waals surface area contributed by atoms with Crippen LogP contribution >= 0.6 is 11.6 Å². The first-order valence-electron chi connectivity index (χ1n) is 7.07. The van der Waals surface area contributed by atoms with Crippen LogP contribution in [0.3, 0.4) is 0 Å². The summed E-state index contributed by atoms with van der Waals surface area (Å²) in [6, 6.07) is 11.6. The minimum absolute atomic E-state index is 0.0438. The Balaban J connectivity index is 2.04. The van der Waals surface area contributed by atoms with Gasteiger partial charge >= 0.3 is 0 Å². The maximum Gasteiger partial charge on any atom is 0.268 e. The number of benzene rings is 1. The molecule has 7 heteroatoms. The van der Waals surface area contributed by atoms with Gasteiger partial charge in [0.1, 0.15) is 12.4 Å². The lowest BCUT2D eigenvalue weighted by atomic mass is 10.2. The summed E-state index contributed by atoms with van der Waals surface area (Å²) in [7, 11) is 1.87.